The summed E-state index contributed by atoms with van der Waals surface area (Å²) >= 11 is 1.42. The van der Waals surface area contributed by atoms with Crippen molar-refractivity contribution < 1.29 is 14.1 Å². The molecule has 1 unspecified atom stereocenters. The summed E-state index contributed by atoms with van der Waals surface area (Å²) in [6.45, 7) is 3.72. The van der Waals surface area contributed by atoms with E-state index in [0.717, 1.165) is 16.0 Å². The molecule has 0 aliphatic carbocycles. The van der Waals surface area contributed by atoms with Crippen LogP contribution in [0.15, 0.2) is 94.3 Å². The van der Waals surface area contributed by atoms with Crippen molar-refractivity contribution >= 4 is 35.1 Å². The van der Waals surface area contributed by atoms with Crippen LogP contribution in [-0.4, -0.2) is 17.0 Å². The number of carbonyl (C=O) groups is 2. The molecule has 0 spiro atoms. The fraction of sp³-hybridized carbons (Fsp3) is 0.115. The van der Waals surface area contributed by atoms with E-state index in [9.17, 15) is 9.59 Å². The number of thioether (sulfide) groups is 1. The molecule has 0 fully saturated rings. The van der Waals surface area contributed by atoms with Gasteiger partial charge in [-0.3, -0.25) is 9.59 Å². The molecule has 4 rings (SSSR count). The average Bonchev–Trinajstić information content (AvgIpc) is 3.23. The van der Waals surface area contributed by atoms with Crippen molar-refractivity contribution in [2.24, 2.45) is 0 Å². The van der Waals surface area contributed by atoms with Crippen molar-refractivity contribution in [2.75, 3.05) is 10.6 Å². The molecule has 0 saturated heterocycles. The molecular formula is C26H23N3O3S. The lowest BCUT2D eigenvalue weighted by Gasteiger charge is -2.16. The first-order valence-electron chi connectivity index (χ1n) is 10.4. The maximum atomic E-state index is 13.1. The van der Waals surface area contributed by atoms with E-state index in [1.807, 2.05) is 79.7 Å². The van der Waals surface area contributed by atoms with Crippen LogP contribution in [0.3, 0.4) is 0 Å². The van der Waals surface area contributed by atoms with Crippen molar-refractivity contribution in [2.45, 2.75) is 24.0 Å². The van der Waals surface area contributed by atoms with E-state index in [4.69, 9.17) is 4.52 Å². The van der Waals surface area contributed by atoms with E-state index in [1.54, 1.807) is 19.1 Å². The van der Waals surface area contributed by atoms with Crippen molar-refractivity contribution in [3.8, 4) is 0 Å². The maximum absolute atomic E-state index is 13.1. The maximum Gasteiger partial charge on any atom is 0.255 e. The van der Waals surface area contributed by atoms with Gasteiger partial charge in [0, 0.05) is 22.2 Å². The first-order valence-corrected chi connectivity index (χ1v) is 11.3. The summed E-state index contributed by atoms with van der Waals surface area (Å²) in [6.07, 6.45) is 0. The van der Waals surface area contributed by atoms with Gasteiger partial charge in [0.2, 0.25) is 5.91 Å². The number of benzene rings is 3. The fourth-order valence-electron chi connectivity index (χ4n) is 3.26. The van der Waals surface area contributed by atoms with Crippen LogP contribution in [-0.2, 0) is 4.79 Å². The van der Waals surface area contributed by atoms with E-state index in [2.05, 4.69) is 15.8 Å². The van der Waals surface area contributed by atoms with Crippen LogP contribution in [0, 0.1) is 13.8 Å². The first kappa shape index (κ1) is 22.4. The molecule has 33 heavy (non-hydrogen) atoms. The molecule has 1 heterocycles. The molecule has 3 aromatic carbocycles. The minimum absolute atomic E-state index is 0.163. The van der Waals surface area contributed by atoms with Gasteiger partial charge in [0.1, 0.15) is 11.0 Å². The highest BCUT2D eigenvalue weighted by atomic mass is 32.2. The van der Waals surface area contributed by atoms with Gasteiger partial charge < -0.3 is 15.2 Å². The summed E-state index contributed by atoms with van der Waals surface area (Å²) in [5.41, 5.74) is 3.19. The highest BCUT2D eigenvalue weighted by Gasteiger charge is 2.23. The second-order valence-corrected chi connectivity index (χ2v) is 8.75. The number of nitrogens with zero attached hydrogens (tertiary/aromatic N) is 1. The number of hydrogen-bond acceptors (Lipinski definition) is 5. The van der Waals surface area contributed by atoms with E-state index < -0.39 is 5.25 Å². The molecular weight excluding hydrogens is 434 g/mol. The summed E-state index contributed by atoms with van der Waals surface area (Å²) < 4.78 is 5.05. The van der Waals surface area contributed by atoms with E-state index >= 15 is 0 Å². The second kappa shape index (κ2) is 10.2. The van der Waals surface area contributed by atoms with Crippen LogP contribution in [0.5, 0.6) is 0 Å². The third-order valence-electron chi connectivity index (χ3n) is 4.87. The number of carbonyl (C=O) groups excluding carboxylic acids is 2. The van der Waals surface area contributed by atoms with Crippen LogP contribution in [0.4, 0.5) is 11.5 Å². The minimum atomic E-state index is -0.490. The Labute approximate surface area is 196 Å². The number of aromatic nitrogens is 1. The van der Waals surface area contributed by atoms with Crippen LogP contribution in [0.2, 0.25) is 0 Å². The Morgan fingerprint density at radius 1 is 0.879 bits per heavy atom. The van der Waals surface area contributed by atoms with E-state index in [0.29, 0.717) is 22.8 Å². The summed E-state index contributed by atoms with van der Waals surface area (Å²) in [7, 11) is 0. The lowest BCUT2D eigenvalue weighted by molar-refractivity contribution is -0.115. The number of hydrogen-bond donors (Lipinski definition) is 2. The fourth-order valence-corrected chi connectivity index (χ4v) is 4.28. The molecule has 2 amide bonds. The number of amides is 2. The third kappa shape index (κ3) is 5.90. The number of nitrogens with one attached hydrogen (secondary N) is 2. The summed E-state index contributed by atoms with van der Waals surface area (Å²) in [5, 5.41) is 9.09. The largest absolute Gasteiger partial charge is 0.360 e. The van der Waals surface area contributed by atoms with Crippen molar-refractivity contribution in [3.63, 3.8) is 0 Å². The normalized spacial score (nSPS) is 11.6. The SMILES string of the molecule is Cc1cccc(C(=O)Nc2ccc(SC(C(=O)Nc3cc(C)on3)c3ccccc3)cc2)c1. The third-order valence-corrected chi connectivity index (χ3v) is 6.13. The van der Waals surface area contributed by atoms with Crippen LogP contribution < -0.4 is 10.6 Å². The van der Waals surface area contributed by atoms with E-state index in [1.165, 1.54) is 11.8 Å². The molecule has 2 N–H and O–H groups in total. The van der Waals surface area contributed by atoms with Crippen molar-refractivity contribution in [1.29, 1.82) is 0 Å². The number of rotatable bonds is 7. The standard InChI is InChI=1S/C26H23N3O3S/c1-17-7-6-10-20(15-17)25(30)27-21-11-13-22(14-12-21)33-24(19-8-4-3-5-9-19)26(31)28-23-16-18(2)32-29-23/h3-16,24H,1-2H3,(H,27,30)(H,28,29,31). The highest BCUT2D eigenvalue weighted by molar-refractivity contribution is 8.00. The summed E-state index contributed by atoms with van der Waals surface area (Å²) in [5.74, 6) is 0.644. The summed E-state index contributed by atoms with van der Waals surface area (Å²) in [6, 6.07) is 26.1. The molecule has 0 bridgehead atoms. The zero-order valence-corrected chi connectivity index (χ0v) is 19.1. The van der Waals surface area contributed by atoms with Gasteiger partial charge >= 0.3 is 0 Å². The Morgan fingerprint density at radius 3 is 2.30 bits per heavy atom. The Balaban J connectivity index is 1.48. The molecule has 6 nitrogen and oxygen atoms in total. The van der Waals surface area contributed by atoms with Gasteiger partial charge in [-0.1, -0.05) is 53.2 Å². The second-order valence-electron chi connectivity index (χ2n) is 7.57. The molecule has 1 atom stereocenters. The predicted molar refractivity (Wildman–Crippen MR) is 130 cm³/mol. The van der Waals surface area contributed by atoms with Crippen LogP contribution >= 0.6 is 11.8 Å². The Bertz CT molecular complexity index is 1250. The zero-order valence-electron chi connectivity index (χ0n) is 18.2. The van der Waals surface area contributed by atoms with Gasteiger partial charge in [-0.05, 0) is 55.8 Å². The molecule has 166 valence electrons. The average molecular weight is 458 g/mol. The lowest BCUT2D eigenvalue weighted by Crippen LogP contribution is -2.19. The van der Waals surface area contributed by atoms with Crippen LogP contribution in [0.25, 0.3) is 0 Å². The monoisotopic (exact) mass is 457 g/mol. The summed E-state index contributed by atoms with van der Waals surface area (Å²) in [4.78, 5) is 26.4. The van der Waals surface area contributed by atoms with Crippen molar-refractivity contribution in [3.05, 3.63) is 107 Å². The Kier molecular flexibility index (Phi) is 6.90. The zero-order chi connectivity index (χ0) is 23.2. The number of aryl methyl sites for hydroxylation is 2. The van der Waals surface area contributed by atoms with Gasteiger partial charge in [-0.2, -0.15) is 0 Å². The predicted octanol–water partition coefficient (Wildman–Crippen LogP) is 6.02. The number of anilines is 2. The van der Waals surface area contributed by atoms with Crippen molar-refractivity contribution in [1.82, 2.24) is 5.16 Å². The topological polar surface area (TPSA) is 84.2 Å². The quantitative estimate of drug-likeness (QED) is 0.332. The Morgan fingerprint density at radius 2 is 1.64 bits per heavy atom. The van der Waals surface area contributed by atoms with Gasteiger partial charge in [0.05, 0.1) is 0 Å². The molecule has 0 radical (unpaired) electrons. The minimum Gasteiger partial charge on any atom is -0.360 e. The molecule has 0 aliphatic heterocycles. The smallest absolute Gasteiger partial charge is 0.255 e. The Hall–Kier alpha value is -3.84. The van der Waals surface area contributed by atoms with Crippen LogP contribution in [0.1, 0.15) is 32.5 Å². The molecule has 7 heteroatoms. The molecule has 4 aromatic rings. The van der Waals surface area contributed by atoms with Gasteiger partial charge in [0.25, 0.3) is 5.91 Å². The van der Waals surface area contributed by atoms with Gasteiger partial charge in [0.15, 0.2) is 5.82 Å². The van der Waals surface area contributed by atoms with E-state index in [-0.39, 0.29) is 11.8 Å². The highest BCUT2D eigenvalue weighted by Crippen LogP contribution is 2.36. The first-order chi connectivity index (χ1) is 16.0. The molecule has 1 aromatic heterocycles. The molecule has 0 saturated carbocycles. The van der Waals surface area contributed by atoms with Gasteiger partial charge in [-0.15, -0.1) is 11.8 Å². The molecule has 0 aliphatic rings. The van der Waals surface area contributed by atoms with Gasteiger partial charge in [-0.25, -0.2) is 0 Å². The lowest BCUT2D eigenvalue weighted by atomic mass is 10.1.